The van der Waals surface area contributed by atoms with Crippen LogP contribution >= 0.6 is 0 Å². The van der Waals surface area contributed by atoms with E-state index in [1.165, 1.54) is 4.90 Å². The van der Waals surface area contributed by atoms with Crippen LogP contribution in [0, 0.1) is 12.8 Å². The Bertz CT molecular complexity index is 1100. The first-order chi connectivity index (χ1) is 17.9. The number of benzene rings is 2. The number of amides is 3. The van der Waals surface area contributed by atoms with Gasteiger partial charge in [0, 0.05) is 12.2 Å². The number of carbonyl (C=O) groups is 3. The normalized spacial score (nSPS) is 13.6. The summed E-state index contributed by atoms with van der Waals surface area (Å²) >= 11 is 0. The van der Waals surface area contributed by atoms with Gasteiger partial charge in [0.1, 0.15) is 17.7 Å². The van der Waals surface area contributed by atoms with E-state index in [9.17, 15) is 14.4 Å². The van der Waals surface area contributed by atoms with Crippen LogP contribution in [-0.2, 0) is 20.7 Å². The average Bonchev–Trinajstić information content (AvgIpc) is 2.87. The zero-order chi connectivity index (χ0) is 28.5. The van der Waals surface area contributed by atoms with E-state index in [2.05, 4.69) is 24.1 Å². The fraction of sp³-hybridized carbons (Fsp3) is 0.452. The van der Waals surface area contributed by atoms with Gasteiger partial charge in [0.2, 0.25) is 5.91 Å². The standard InChI is InChI=1S/C31H43N3O4/c1-9-20-34(29(36)26(21(4)10-2)33-30(37)38-31(6,7)8)27(24-18-16-23(11-3)17-19-24)28(35)32-25-15-13-12-14-22(25)5/h9,12-19,21,26-27H,1,10-11,20H2,2-8H3,(H,32,35)(H,33,37). The number of aryl methyl sites for hydroxylation is 2. The van der Waals surface area contributed by atoms with Crippen molar-refractivity contribution in [2.45, 2.75) is 79.0 Å². The Balaban J connectivity index is 2.54. The quantitative estimate of drug-likeness (QED) is 0.345. The molecule has 2 rings (SSSR count). The minimum Gasteiger partial charge on any atom is -0.444 e. The van der Waals surface area contributed by atoms with Crippen molar-refractivity contribution in [3.05, 3.63) is 77.9 Å². The molecule has 38 heavy (non-hydrogen) atoms. The first-order valence-electron chi connectivity index (χ1n) is 13.3. The maximum atomic E-state index is 14.1. The van der Waals surface area contributed by atoms with Crippen molar-refractivity contribution < 1.29 is 19.1 Å². The first kappa shape index (κ1) is 30.6. The van der Waals surface area contributed by atoms with Crippen molar-refractivity contribution in [3.8, 4) is 0 Å². The van der Waals surface area contributed by atoms with Gasteiger partial charge in [-0.05, 0) is 62.8 Å². The van der Waals surface area contributed by atoms with Crippen molar-refractivity contribution in [1.29, 1.82) is 0 Å². The number of para-hydroxylation sites is 1. The van der Waals surface area contributed by atoms with E-state index >= 15 is 0 Å². The Hall–Kier alpha value is -3.61. The molecule has 2 aromatic carbocycles. The van der Waals surface area contributed by atoms with E-state index in [1.54, 1.807) is 26.8 Å². The van der Waals surface area contributed by atoms with Crippen molar-refractivity contribution in [1.82, 2.24) is 10.2 Å². The summed E-state index contributed by atoms with van der Waals surface area (Å²) in [5.74, 6) is -0.932. The molecule has 3 atom stereocenters. The molecule has 0 saturated heterocycles. The number of hydrogen-bond acceptors (Lipinski definition) is 4. The van der Waals surface area contributed by atoms with Crippen LogP contribution in [0.1, 0.15) is 70.7 Å². The smallest absolute Gasteiger partial charge is 0.408 e. The highest BCUT2D eigenvalue weighted by Gasteiger charge is 2.37. The number of anilines is 1. The summed E-state index contributed by atoms with van der Waals surface area (Å²) in [6.07, 6.45) is 2.40. The van der Waals surface area contributed by atoms with Crippen LogP contribution in [0.25, 0.3) is 0 Å². The second-order valence-corrected chi connectivity index (χ2v) is 10.6. The molecule has 7 heteroatoms. The molecule has 0 aliphatic rings. The predicted octanol–water partition coefficient (Wildman–Crippen LogP) is 6.19. The van der Waals surface area contributed by atoms with Crippen LogP contribution in [0.15, 0.2) is 61.2 Å². The zero-order valence-corrected chi connectivity index (χ0v) is 23.8. The summed E-state index contributed by atoms with van der Waals surface area (Å²) in [5, 5.41) is 5.77. The summed E-state index contributed by atoms with van der Waals surface area (Å²) in [4.78, 5) is 42.2. The van der Waals surface area contributed by atoms with Crippen molar-refractivity contribution >= 4 is 23.6 Å². The second kappa shape index (κ2) is 13.8. The van der Waals surface area contributed by atoms with Gasteiger partial charge in [-0.3, -0.25) is 9.59 Å². The molecule has 0 aliphatic carbocycles. The van der Waals surface area contributed by atoms with Gasteiger partial charge in [-0.15, -0.1) is 6.58 Å². The van der Waals surface area contributed by atoms with Gasteiger partial charge in [-0.2, -0.15) is 0 Å². The zero-order valence-electron chi connectivity index (χ0n) is 23.8. The van der Waals surface area contributed by atoms with Gasteiger partial charge in [-0.25, -0.2) is 4.79 Å². The molecule has 0 spiro atoms. The number of alkyl carbamates (subject to hydrolysis) is 1. The lowest BCUT2D eigenvalue weighted by molar-refractivity contribution is -0.141. The maximum absolute atomic E-state index is 14.1. The first-order valence-corrected chi connectivity index (χ1v) is 13.3. The number of carbonyl (C=O) groups excluding carboxylic acids is 3. The van der Waals surface area contributed by atoms with Crippen LogP contribution in [-0.4, -0.2) is 41.0 Å². The largest absolute Gasteiger partial charge is 0.444 e. The van der Waals surface area contributed by atoms with E-state index in [1.807, 2.05) is 69.3 Å². The molecule has 0 fully saturated rings. The van der Waals surface area contributed by atoms with Gasteiger partial charge < -0.3 is 20.3 Å². The molecule has 0 radical (unpaired) electrons. The number of hydrogen-bond donors (Lipinski definition) is 2. The molecule has 0 aromatic heterocycles. The van der Waals surface area contributed by atoms with Crippen LogP contribution in [0.5, 0.6) is 0 Å². The Morgan fingerprint density at radius 3 is 2.21 bits per heavy atom. The van der Waals surface area contributed by atoms with Crippen LogP contribution in [0.2, 0.25) is 0 Å². The Labute approximate surface area is 227 Å². The average molecular weight is 522 g/mol. The fourth-order valence-corrected chi connectivity index (χ4v) is 4.08. The van der Waals surface area contributed by atoms with E-state index in [0.29, 0.717) is 17.7 Å². The van der Waals surface area contributed by atoms with Crippen molar-refractivity contribution in [2.24, 2.45) is 5.92 Å². The molecule has 0 aliphatic heterocycles. The second-order valence-electron chi connectivity index (χ2n) is 10.6. The molecule has 0 bridgehead atoms. The third-order valence-corrected chi connectivity index (χ3v) is 6.43. The van der Waals surface area contributed by atoms with Crippen LogP contribution in [0.4, 0.5) is 10.5 Å². The third-order valence-electron chi connectivity index (χ3n) is 6.43. The molecule has 3 unspecified atom stereocenters. The van der Waals surface area contributed by atoms with Crippen LogP contribution in [0.3, 0.4) is 0 Å². The summed E-state index contributed by atoms with van der Waals surface area (Å²) in [7, 11) is 0. The summed E-state index contributed by atoms with van der Waals surface area (Å²) in [6, 6.07) is 13.3. The van der Waals surface area contributed by atoms with Gasteiger partial charge >= 0.3 is 6.09 Å². The molecule has 3 amide bonds. The Morgan fingerprint density at radius 1 is 1.05 bits per heavy atom. The van der Waals surface area contributed by atoms with Gasteiger partial charge in [0.25, 0.3) is 5.91 Å². The monoisotopic (exact) mass is 521 g/mol. The lowest BCUT2D eigenvalue weighted by Gasteiger charge is -2.35. The van der Waals surface area contributed by atoms with E-state index in [4.69, 9.17) is 4.74 Å². The number of nitrogens with one attached hydrogen (secondary N) is 2. The summed E-state index contributed by atoms with van der Waals surface area (Å²) in [5.41, 5.74) is 2.65. The lowest BCUT2D eigenvalue weighted by Crippen LogP contribution is -2.54. The molecule has 206 valence electrons. The van der Waals surface area contributed by atoms with Crippen LogP contribution < -0.4 is 10.6 Å². The highest BCUT2D eigenvalue weighted by atomic mass is 16.6. The minimum atomic E-state index is -0.946. The highest BCUT2D eigenvalue weighted by Crippen LogP contribution is 2.27. The molecule has 0 heterocycles. The highest BCUT2D eigenvalue weighted by molar-refractivity contribution is 5.99. The summed E-state index contributed by atoms with van der Waals surface area (Å²) in [6.45, 7) is 17.1. The molecule has 0 saturated carbocycles. The summed E-state index contributed by atoms with van der Waals surface area (Å²) < 4.78 is 5.44. The molecule has 2 N–H and O–H groups in total. The van der Waals surface area contributed by atoms with E-state index in [0.717, 1.165) is 17.5 Å². The molecule has 7 nitrogen and oxygen atoms in total. The van der Waals surface area contributed by atoms with Gasteiger partial charge in [0.15, 0.2) is 0 Å². The Morgan fingerprint density at radius 2 is 1.68 bits per heavy atom. The number of ether oxygens (including phenoxy) is 1. The molecular weight excluding hydrogens is 478 g/mol. The third kappa shape index (κ3) is 8.47. The molecular formula is C31H43N3O4. The SMILES string of the molecule is C=CCN(C(=O)C(NC(=O)OC(C)(C)C)C(C)CC)C(C(=O)Nc1ccccc1C)c1ccc(CC)cc1. The molecule has 2 aromatic rings. The maximum Gasteiger partial charge on any atom is 0.408 e. The van der Waals surface area contributed by atoms with Gasteiger partial charge in [0.05, 0.1) is 0 Å². The Kier molecular flexibility index (Phi) is 11.1. The van der Waals surface area contributed by atoms with Gasteiger partial charge in [-0.1, -0.05) is 75.7 Å². The van der Waals surface area contributed by atoms with E-state index in [-0.39, 0.29) is 24.3 Å². The predicted molar refractivity (Wildman–Crippen MR) is 153 cm³/mol. The number of nitrogens with zero attached hydrogens (tertiary/aromatic N) is 1. The van der Waals surface area contributed by atoms with Crippen molar-refractivity contribution in [3.63, 3.8) is 0 Å². The lowest BCUT2D eigenvalue weighted by atomic mass is 9.95. The fourth-order valence-electron chi connectivity index (χ4n) is 4.08. The van der Waals surface area contributed by atoms with Crippen molar-refractivity contribution in [2.75, 3.05) is 11.9 Å². The van der Waals surface area contributed by atoms with E-state index < -0.39 is 23.8 Å². The number of rotatable bonds is 11. The minimum absolute atomic E-state index is 0.114. The topological polar surface area (TPSA) is 87.7 Å².